The Morgan fingerprint density at radius 3 is 1.97 bits per heavy atom. The number of halogens is 6. The molecule has 3 nitrogen and oxygen atoms in total. The fraction of sp³-hybridized carbons (Fsp3) is 0.150. The number of amides is 1. The summed E-state index contributed by atoms with van der Waals surface area (Å²) in [5.74, 6) is -0.634. The zero-order valence-corrected chi connectivity index (χ0v) is 14.7. The molecule has 0 aliphatic rings. The van der Waals surface area contributed by atoms with Crippen LogP contribution in [0.15, 0.2) is 66.9 Å². The number of nitrogens with one attached hydrogen (secondary N) is 1. The van der Waals surface area contributed by atoms with Crippen molar-refractivity contribution in [2.45, 2.75) is 18.9 Å². The molecule has 0 unspecified atom stereocenters. The number of nitrogens with zero attached hydrogens (tertiary/aromatic N) is 1. The summed E-state index contributed by atoms with van der Waals surface area (Å²) in [5.41, 5.74) is -2.29. The Bertz CT molecular complexity index is 974. The van der Waals surface area contributed by atoms with Crippen molar-refractivity contribution in [1.29, 1.82) is 0 Å². The SMILES string of the molecule is O=C(NCc1cc(C(F)(F)F)cc(C(F)(F)F)c1)c1cccn1-c1ccccc1. The van der Waals surface area contributed by atoms with Crippen LogP contribution in [-0.4, -0.2) is 10.5 Å². The van der Waals surface area contributed by atoms with Crippen LogP contribution in [0.3, 0.4) is 0 Å². The second-order valence-electron chi connectivity index (χ2n) is 6.20. The van der Waals surface area contributed by atoms with E-state index in [0.29, 0.717) is 17.8 Å². The van der Waals surface area contributed by atoms with Gasteiger partial charge in [0.2, 0.25) is 0 Å². The summed E-state index contributed by atoms with van der Waals surface area (Å²) in [6.07, 6.45) is -8.26. The lowest BCUT2D eigenvalue weighted by Gasteiger charge is -2.15. The highest BCUT2D eigenvalue weighted by Crippen LogP contribution is 2.36. The maximum Gasteiger partial charge on any atom is 0.416 e. The molecule has 1 amide bonds. The van der Waals surface area contributed by atoms with Crippen molar-refractivity contribution >= 4 is 5.91 Å². The molecule has 9 heteroatoms. The third-order valence-corrected chi connectivity index (χ3v) is 4.12. The molecule has 1 N–H and O–H groups in total. The van der Waals surface area contributed by atoms with E-state index in [9.17, 15) is 31.1 Å². The average Bonchev–Trinajstić information content (AvgIpc) is 3.15. The Kier molecular flexibility index (Phi) is 5.41. The van der Waals surface area contributed by atoms with Gasteiger partial charge in [-0.2, -0.15) is 26.3 Å². The van der Waals surface area contributed by atoms with Crippen LogP contribution in [0.2, 0.25) is 0 Å². The summed E-state index contributed by atoms with van der Waals surface area (Å²) in [7, 11) is 0. The third-order valence-electron chi connectivity index (χ3n) is 4.12. The van der Waals surface area contributed by atoms with E-state index in [2.05, 4.69) is 5.32 Å². The largest absolute Gasteiger partial charge is 0.416 e. The van der Waals surface area contributed by atoms with Gasteiger partial charge in [0.05, 0.1) is 11.1 Å². The molecule has 0 radical (unpaired) electrons. The van der Waals surface area contributed by atoms with Gasteiger partial charge in [-0.05, 0) is 48.0 Å². The quantitative estimate of drug-likeness (QED) is 0.569. The maximum absolute atomic E-state index is 12.9. The van der Waals surface area contributed by atoms with Crippen LogP contribution in [0.1, 0.15) is 27.2 Å². The zero-order valence-electron chi connectivity index (χ0n) is 14.7. The number of benzene rings is 2. The zero-order chi connectivity index (χ0) is 21.2. The number of hydrogen-bond acceptors (Lipinski definition) is 1. The number of rotatable bonds is 4. The molecule has 2 aromatic carbocycles. The minimum Gasteiger partial charge on any atom is -0.347 e. The van der Waals surface area contributed by atoms with E-state index >= 15 is 0 Å². The Hall–Kier alpha value is -3.23. The number of carbonyl (C=O) groups excluding carboxylic acids is 1. The van der Waals surface area contributed by atoms with E-state index in [1.807, 2.05) is 0 Å². The molecule has 3 aromatic rings. The summed E-state index contributed by atoms with van der Waals surface area (Å²) in [6, 6.07) is 13.1. The van der Waals surface area contributed by atoms with Gasteiger partial charge in [0.15, 0.2) is 0 Å². The van der Waals surface area contributed by atoms with Crippen LogP contribution in [0, 0.1) is 0 Å². The molecule has 0 spiro atoms. The standard InChI is InChI=1S/C20H14F6N2O/c21-19(22,23)14-9-13(10-15(11-14)20(24,25)26)12-27-18(29)17-7-4-8-28(17)16-5-2-1-3-6-16/h1-11H,12H2,(H,27,29). The second kappa shape index (κ2) is 7.65. The van der Waals surface area contributed by atoms with E-state index in [0.717, 1.165) is 0 Å². The first-order chi connectivity index (χ1) is 13.6. The molecule has 0 saturated heterocycles. The molecule has 1 aromatic heterocycles. The van der Waals surface area contributed by atoms with Crippen LogP contribution >= 0.6 is 0 Å². The Balaban J connectivity index is 1.84. The van der Waals surface area contributed by atoms with Crippen LogP contribution in [-0.2, 0) is 18.9 Å². The van der Waals surface area contributed by atoms with E-state index in [1.54, 1.807) is 47.2 Å². The summed E-state index contributed by atoms with van der Waals surface area (Å²) < 4.78 is 79.2. The molecule has 1 heterocycles. The highest BCUT2D eigenvalue weighted by Gasteiger charge is 2.36. The van der Waals surface area contributed by atoms with Crippen LogP contribution in [0.25, 0.3) is 5.69 Å². The van der Waals surface area contributed by atoms with Gasteiger partial charge < -0.3 is 9.88 Å². The molecule has 3 rings (SSSR count). The average molecular weight is 412 g/mol. The van der Waals surface area contributed by atoms with E-state index < -0.39 is 35.9 Å². The highest BCUT2D eigenvalue weighted by atomic mass is 19.4. The van der Waals surface area contributed by atoms with Gasteiger partial charge in [0, 0.05) is 18.4 Å². The van der Waals surface area contributed by atoms with E-state index in [1.165, 1.54) is 6.07 Å². The monoisotopic (exact) mass is 412 g/mol. The number of aromatic nitrogens is 1. The first-order valence-corrected chi connectivity index (χ1v) is 8.35. The number of hydrogen-bond donors (Lipinski definition) is 1. The van der Waals surface area contributed by atoms with Crippen molar-refractivity contribution in [3.8, 4) is 5.69 Å². The molecule has 0 aliphatic heterocycles. The molecule has 0 saturated carbocycles. The van der Waals surface area contributed by atoms with Crippen molar-refractivity contribution in [2.75, 3.05) is 0 Å². The van der Waals surface area contributed by atoms with E-state index in [4.69, 9.17) is 0 Å². The molecule has 0 aliphatic carbocycles. The van der Waals surface area contributed by atoms with Gasteiger partial charge in [-0.15, -0.1) is 0 Å². The van der Waals surface area contributed by atoms with Gasteiger partial charge in [-0.3, -0.25) is 4.79 Å². The van der Waals surface area contributed by atoms with Gasteiger partial charge in [0.25, 0.3) is 5.91 Å². The normalized spacial score (nSPS) is 12.1. The fourth-order valence-electron chi connectivity index (χ4n) is 2.77. The summed E-state index contributed by atoms with van der Waals surface area (Å²) in [5, 5.41) is 2.37. The number of carbonyl (C=O) groups is 1. The first-order valence-electron chi connectivity index (χ1n) is 8.35. The number of alkyl halides is 6. The van der Waals surface area contributed by atoms with E-state index in [-0.39, 0.29) is 17.3 Å². The predicted octanol–water partition coefficient (Wildman–Crippen LogP) is 5.44. The van der Waals surface area contributed by atoms with Crippen LogP contribution < -0.4 is 5.32 Å². The minimum absolute atomic E-state index is 0.0475. The minimum atomic E-state index is -4.94. The lowest BCUT2D eigenvalue weighted by Crippen LogP contribution is -2.25. The van der Waals surface area contributed by atoms with Crippen molar-refractivity contribution in [1.82, 2.24) is 9.88 Å². The molecule has 0 fully saturated rings. The molecule has 29 heavy (non-hydrogen) atoms. The highest BCUT2D eigenvalue weighted by molar-refractivity contribution is 5.93. The fourth-order valence-corrected chi connectivity index (χ4v) is 2.77. The second-order valence-corrected chi connectivity index (χ2v) is 6.20. The predicted molar refractivity (Wildman–Crippen MR) is 93.4 cm³/mol. The molecule has 0 bridgehead atoms. The lowest BCUT2D eigenvalue weighted by atomic mass is 10.0. The summed E-state index contributed by atoms with van der Waals surface area (Å²) >= 11 is 0. The smallest absolute Gasteiger partial charge is 0.347 e. The van der Waals surface area contributed by atoms with Crippen LogP contribution in [0.4, 0.5) is 26.3 Å². The third kappa shape index (κ3) is 4.79. The maximum atomic E-state index is 12.9. The van der Waals surface area contributed by atoms with Crippen molar-refractivity contribution < 1.29 is 31.1 Å². The van der Waals surface area contributed by atoms with Gasteiger partial charge in [-0.1, -0.05) is 18.2 Å². The summed E-state index contributed by atoms with van der Waals surface area (Å²) in [4.78, 5) is 12.5. The Morgan fingerprint density at radius 1 is 0.828 bits per heavy atom. The molecule has 152 valence electrons. The summed E-state index contributed by atoms with van der Waals surface area (Å²) in [6.45, 7) is -0.494. The molecular weight excluding hydrogens is 398 g/mol. The van der Waals surface area contributed by atoms with Crippen molar-refractivity contribution in [2.24, 2.45) is 0 Å². The van der Waals surface area contributed by atoms with Crippen molar-refractivity contribution in [3.05, 3.63) is 89.2 Å². The van der Waals surface area contributed by atoms with Gasteiger partial charge >= 0.3 is 12.4 Å². The lowest BCUT2D eigenvalue weighted by molar-refractivity contribution is -0.143. The van der Waals surface area contributed by atoms with Gasteiger partial charge in [0.1, 0.15) is 5.69 Å². The van der Waals surface area contributed by atoms with Crippen molar-refractivity contribution in [3.63, 3.8) is 0 Å². The Labute approximate surface area is 161 Å². The Morgan fingerprint density at radius 2 is 1.41 bits per heavy atom. The van der Waals surface area contributed by atoms with Crippen LogP contribution in [0.5, 0.6) is 0 Å². The van der Waals surface area contributed by atoms with Gasteiger partial charge in [-0.25, -0.2) is 0 Å². The molecular formula is C20H14F6N2O. The molecule has 0 atom stereocenters. The first kappa shape index (κ1) is 20.5. The topological polar surface area (TPSA) is 34.0 Å². The number of para-hydroxylation sites is 1.